The van der Waals surface area contributed by atoms with Crippen LogP contribution in [0.5, 0.6) is 0 Å². The maximum absolute atomic E-state index is 11.2. The van der Waals surface area contributed by atoms with Crippen molar-refractivity contribution in [1.82, 2.24) is 9.55 Å². The Bertz CT molecular complexity index is 884. The number of rotatable bonds is 3. The predicted molar refractivity (Wildman–Crippen MR) is 95.2 cm³/mol. The topological polar surface area (TPSA) is 58.4 Å². The molecule has 5 heteroatoms. The Morgan fingerprint density at radius 2 is 1.88 bits per heavy atom. The van der Waals surface area contributed by atoms with Crippen LogP contribution in [-0.4, -0.2) is 33.7 Å². The number of hydrogen-bond donors (Lipinski definition) is 1. The zero-order valence-corrected chi connectivity index (χ0v) is 14.0. The van der Waals surface area contributed by atoms with E-state index < -0.39 is 5.97 Å². The zero-order chi connectivity index (χ0) is 16.8. The van der Waals surface area contributed by atoms with E-state index in [4.69, 9.17) is 4.98 Å². The molecule has 0 radical (unpaired) electrons. The molecule has 0 spiro atoms. The summed E-state index contributed by atoms with van der Waals surface area (Å²) >= 11 is 0. The quantitative estimate of drug-likeness (QED) is 0.941. The molecule has 1 aliphatic heterocycles. The largest absolute Gasteiger partial charge is 0.481 e. The molecule has 2 aromatic rings. The summed E-state index contributed by atoms with van der Waals surface area (Å²) < 4.78 is 2.20. The summed E-state index contributed by atoms with van der Waals surface area (Å²) in [5, 5.41) is 9.20. The first-order valence-electron chi connectivity index (χ1n) is 8.41. The smallest absolute Gasteiger partial charge is 0.306 e. The van der Waals surface area contributed by atoms with Gasteiger partial charge in [0.25, 0.3) is 0 Å². The summed E-state index contributed by atoms with van der Waals surface area (Å²) in [6.07, 6.45) is 7.55. The molecule has 1 fully saturated rings. The van der Waals surface area contributed by atoms with Crippen LogP contribution in [0.2, 0.25) is 0 Å². The first-order valence-corrected chi connectivity index (χ1v) is 8.41. The number of hydrogen-bond acceptors (Lipinski definition) is 3. The van der Waals surface area contributed by atoms with Crippen molar-refractivity contribution >= 4 is 28.6 Å². The van der Waals surface area contributed by atoms with Gasteiger partial charge in [-0.1, -0.05) is 6.08 Å². The number of carboxylic acids is 1. The maximum Gasteiger partial charge on any atom is 0.306 e. The Hall–Kier alpha value is -2.56. The van der Waals surface area contributed by atoms with Crippen LogP contribution in [0.4, 0.5) is 5.95 Å². The minimum atomic E-state index is -0.681. The molecule has 24 heavy (non-hydrogen) atoms. The van der Waals surface area contributed by atoms with E-state index in [1.807, 2.05) is 6.08 Å². The van der Waals surface area contributed by atoms with Crippen LogP contribution in [0.25, 0.3) is 16.7 Å². The average Bonchev–Trinajstić information content (AvgIpc) is 2.85. The fraction of sp³-hybridized carbons (Fsp3) is 0.368. The third-order valence-electron chi connectivity index (χ3n) is 5.17. The van der Waals surface area contributed by atoms with Crippen molar-refractivity contribution in [3.8, 4) is 0 Å². The van der Waals surface area contributed by atoms with Gasteiger partial charge in [0.05, 0.1) is 17.0 Å². The van der Waals surface area contributed by atoms with Crippen LogP contribution in [0, 0.1) is 19.8 Å². The van der Waals surface area contributed by atoms with Gasteiger partial charge in [-0.3, -0.25) is 9.36 Å². The molecular weight excluding hydrogens is 302 g/mol. The minimum absolute atomic E-state index is 0.230. The van der Waals surface area contributed by atoms with Crippen molar-refractivity contribution in [3.63, 3.8) is 0 Å². The molecule has 2 heterocycles. The van der Waals surface area contributed by atoms with E-state index in [9.17, 15) is 9.90 Å². The fourth-order valence-electron chi connectivity index (χ4n) is 3.44. The molecule has 1 aromatic carbocycles. The van der Waals surface area contributed by atoms with Gasteiger partial charge in [0, 0.05) is 18.8 Å². The monoisotopic (exact) mass is 323 g/mol. The fourth-order valence-corrected chi connectivity index (χ4v) is 3.44. The molecule has 1 saturated heterocycles. The number of aromatic nitrogens is 2. The SMILES string of the molecule is Cc1cc2nc(N3CCC(C(=O)O)CC3)n(C3=CC=C3)c2cc1C. The van der Waals surface area contributed by atoms with Crippen LogP contribution in [0.15, 0.2) is 30.4 Å². The number of piperidine rings is 1. The third kappa shape index (κ3) is 2.31. The first-order chi connectivity index (χ1) is 11.5. The Labute approximate surface area is 140 Å². The lowest BCUT2D eigenvalue weighted by atomic mass is 9.97. The molecule has 0 amide bonds. The van der Waals surface area contributed by atoms with E-state index in [0.717, 1.165) is 35.8 Å². The third-order valence-corrected chi connectivity index (χ3v) is 5.17. The summed E-state index contributed by atoms with van der Waals surface area (Å²) in [5.41, 5.74) is 5.74. The molecule has 124 valence electrons. The molecule has 0 atom stereocenters. The highest BCUT2D eigenvalue weighted by Crippen LogP contribution is 2.33. The Balaban J connectivity index is 1.76. The van der Waals surface area contributed by atoms with Crippen molar-refractivity contribution < 1.29 is 9.90 Å². The van der Waals surface area contributed by atoms with E-state index in [2.05, 4.69) is 47.6 Å². The second-order valence-electron chi connectivity index (χ2n) is 6.72. The molecule has 5 nitrogen and oxygen atoms in total. The standard InChI is InChI=1S/C19H21N3O2/c1-12-10-16-17(11-13(12)2)22(15-4-3-5-15)19(20-16)21-8-6-14(7-9-21)18(23)24/h3-5,10-11,14H,6-9H2,1-2H3,(H,23,24). The van der Waals surface area contributed by atoms with E-state index >= 15 is 0 Å². The zero-order valence-electron chi connectivity index (χ0n) is 14.0. The Morgan fingerprint density at radius 3 is 2.46 bits per heavy atom. The van der Waals surface area contributed by atoms with Gasteiger partial charge in [-0.15, -0.1) is 0 Å². The highest BCUT2D eigenvalue weighted by atomic mass is 16.4. The van der Waals surface area contributed by atoms with E-state index in [-0.39, 0.29) is 5.92 Å². The summed E-state index contributed by atoms with van der Waals surface area (Å²) in [7, 11) is 0. The highest BCUT2D eigenvalue weighted by Gasteiger charge is 2.28. The maximum atomic E-state index is 11.2. The second-order valence-corrected chi connectivity index (χ2v) is 6.72. The highest BCUT2D eigenvalue weighted by molar-refractivity contribution is 5.88. The van der Waals surface area contributed by atoms with Gasteiger partial charge in [0.15, 0.2) is 0 Å². The van der Waals surface area contributed by atoms with Gasteiger partial charge in [0.2, 0.25) is 5.95 Å². The molecule has 0 saturated carbocycles. The average molecular weight is 323 g/mol. The molecule has 1 N–H and O–H groups in total. The van der Waals surface area contributed by atoms with Gasteiger partial charge < -0.3 is 10.0 Å². The van der Waals surface area contributed by atoms with Crippen LogP contribution in [-0.2, 0) is 4.79 Å². The molecule has 1 aromatic heterocycles. The summed E-state index contributed by atoms with van der Waals surface area (Å²) in [6.45, 7) is 5.69. The normalized spacial score (nSPS) is 17.9. The van der Waals surface area contributed by atoms with Crippen molar-refractivity contribution in [1.29, 1.82) is 0 Å². The van der Waals surface area contributed by atoms with Crippen LogP contribution < -0.4 is 4.90 Å². The number of fused-ring (bicyclic) bond motifs is 1. The van der Waals surface area contributed by atoms with Gasteiger partial charge in [-0.25, -0.2) is 4.98 Å². The number of aliphatic carboxylic acids is 1. The van der Waals surface area contributed by atoms with Gasteiger partial charge in [-0.2, -0.15) is 0 Å². The molecule has 2 aliphatic rings. The summed E-state index contributed by atoms with van der Waals surface area (Å²) in [4.78, 5) is 18.3. The molecule has 0 bridgehead atoms. The van der Waals surface area contributed by atoms with Gasteiger partial charge in [-0.05, 0) is 62.1 Å². The number of anilines is 1. The molecular formula is C19H21N3O2. The molecule has 0 unspecified atom stereocenters. The Morgan fingerprint density at radius 1 is 1.21 bits per heavy atom. The van der Waals surface area contributed by atoms with E-state index in [1.165, 1.54) is 11.1 Å². The van der Waals surface area contributed by atoms with Crippen LogP contribution in [0.1, 0.15) is 24.0 Å². The number of allylic oxidation sites excluding steroid dienone is 4. The van der Waals surface area contributed by atoms with Crippen molar-refractivity contribution in [2.24, 2.45) is 5.92 Å². The number of nitrogens with zero attached hydrogens (tertiary/aromatic N) is 3. The predicted octanol–water partition coefficient (Wildman–Crippen LogP) is 3.36. The van der Waals surface area contributed by atoms with Crippen LogP contribution >= 0.6 is 0 Å². The van der Waals surface area contributed by atoms with Crippen LogP contribution in [0.3, 0.4) is 0 Å². The number of aryl methyl sites for hydroxylation is 2. The Kier molecular flexibility index (Phi) is 3.44. The van der Waals surface area contributed by atoms with Gasteiger partial charge >= 0.3 is 5.97 Å². The second kappa shape index (κ2) is 5.51. The number of imidazole rings is 1. The molecule has 4 rings (SSSR count). The number of benzene rings is 1. The number of carboxylic acid groups (broad SMARTS) is 1. The van der Waals surface area contributed by atoms with Gasteiger partial charge in [0.1, 0.15) is 0 Å². The van der Waals surface area contributed by atoms with E-state index in [1.54, 1.807) is 0 Å². The lowest BCUT2D eigenvalue weighted by molar-refractivity contribution is -0.142. The van der Waals surface area contributed by atoms with Crippen molar-refractivity contribution in [3.05, 3.63) is 41.5 Å². The summed E-state index contributed by atoms with van der Waals surface area (Å²) in [6, 6.07) is 4.33. The minimum Gasteiger partial charge on any atom is -0.481 e. The lowest BCUT2D eigenvalue weighted by Gasteiger charge is -2.31. The van der Waals surface area contributed by atoms with Crippen molar-refractivity contribution in [2.45, 2.75) is 26.7 Å². The van der Waals surface area contributed by atoms with Crippen molar-refractivity contribution in [2.75, 3.05) is 18.0 Å². The lowest BCUT2D eigenvalue weighted by Crippen LogP contribution is -2.37. The van der Waals surface area contributed by atoms with E-state index in [0.29, 0.717) is 12.8 Å². The first kappa shape index (κ1) is 15.0. The number of carbonyl (C=O) groups is 1. The summed E-state index contributed by atoms with van der Waals surface area (Å²) in [5.74, 6) is 0.0138. The molecule has 1 aliphatic carbocycles.